The molecule has 1 aromatic heterocycles. The molecule has 0 aliphatic rings. The molecular formula is C23H21N5O2S. The van der Waals surface area contributed by atoms with Crippen molar-refractivity contribution in [3.8, 4) is 6.07 Å². The highest BCUT2D eigenvalue weighted by Gasteiger charge is 2.20. The number of aromatic nitrogens is 3. The number of hydrogen-bond acceptors (Lipinski definition) is 6. The van der Waals surface area contributed by atoms with Crippen LogP contribution in [0.3, 0.4) is 0 Å². The summed E-state index contributed by atoms with van der Waals surface area (Å²) < 4.78 is 1.83. The predicted molar refractivity (Wildman–Crippen MR) is 119 cm³/mol. The van der Waals surface area contributed by atoms with Gasteiger partial charge in [0.15, 0.2) is 16.8 Å². The molecule has 0 radical (unpaired) electrons. The van der Waals surface area contributed by atoms with E-state index in [4.69, 9.17) is 5.26 Å². The van der Waals surface area contributed by atoms with E-state index >= 15 is 0 Å². The number of nitriles is 1. The minimum Gasteiger partial charge on any atom is -0.342 e. The number of amides is 1. The fourth-order valence-corrected chi connectivity index (χ4v) is 3.76. The first kappa shape index (κ1) is 22.0. The molecule has 8 heteroatoms. The number of rotatable bonds is 9. The molecule has 0 aliphatic heterocycles. The number of ketones is 1. The zero-order valence-electron chi connectivity index (χ0n) is 17.0. The van der Waals surface area contributed by atoms with Crippen LogP contribution < -0.4 is 5.32 Å². The fraction of sp³-hybridized carbons (Fsp3) is 0.174. The Bertz CT molecular complexity index is 1120. The smallest absolute Gasteiger partial charge is 0.251 e. The number of nitrogens with zero attached hydrogens (tertiary/aromatic N) is 4. The van der Waals surface area contributed by atoms with Crippen molar-refractivity contribution in [2.75, 3.05) is 5.75 Å². The Morgan fingerprint density at radius 2 is 1.87 bits per heavy atom. The van der Waals surface area contributed by atoms with Gasteiger partial charge in [-0.15, -0.1) is 16.8 Å². The van der Waals surface area contributed by atoms with E-state index in [0.717, 1.165) is 0 Å². The molecule has 0 bridgehead atoms. The molecule has 0 aliphatic carbocycles. The van der Waals surface area contributed by atoms with Crippen molar-refractivity contribution in [1.29, 1.82) is 5.26 Å². The van der Waals surface area contributed by atoms with Gasteiger partial charge in [-0.25, -0.2) is 0 Å². The van der Waals surface area contributed by atoms with Crippen LogP contribution in [0.15, 0.2) is 72.4 Å². The Morgan fingerprint density at radius 3 is 2.52 bits per heavy atom. The zero-order valence-corrected chi connectivity index (χ0v) is 17.8. The summed E-state index contributed by atoms with van der Waals surface area (Å²) in [6.07, 6.45) is 1.71. The van der Waals surface area contributed by atoms with Gasteiger partial charge in [-0.1, -0.05) is 48.2 Å². The Balaban J connectivity index is 1.70. The van der Waals surface area contributed by atoms with E-state index in [1.807, 2.05) is 23.6 Å². The molecule has 1 N–H and O–H groups in total. The quantitative estimate of drug-likeness (QED) is 0.314. The maximum absolute atomic E-state index is 12.5. The second-order valence-electron chi connectivity index (χ2n) is 6.70. The van der Waals surface area contributed by atoms with Gasteiger partial charge in [-0.2, -0.15) is 5.26 Å². The average molecular weight is 432 g/mol. The summed E-state index contributed by atoms with van der Waals surface area (Å²) in [5.41, 5.74) is 1.60. The van der Waals surface area contributed by atoms with Crippen LogP contribution in [0.2, 0.25) is 0 Å². The molecule has 0 spiro atoms. The molecule has 31 heavy (non-hydrogen) atoms. The Morgan fingerprint density at radius 1 is 1.16 bits per heavy atom. The number of hydrogen-bond donors (Lipinski definition) is 1. The Hall–Kier alpha value is -3.70. The summed E-state index contributed by atoms with van der Waals surface area (Å²) in [7, 11) is 0. The number of nitrogens with one attached hydrogen (secondary N) is 1. The van der Waals surface area contributed by atoms with Crippen molar-refractivity contribution in [1.82, 2.24) is 20.1 Å². The van der Waals surface area contributed by atoms with Gasteiger partial charge < -0.3 is 9.88 Å². The van der Waals surface area contributed by atoms with Gasteiger partial charge in [0.2, 0.25) is 0 Å². The van der Waals surface area contributed by atoms with Crippen molar-refractivity contribution in [2.24, 2.45) is 0 Å². The van der Waals surface area contributed by atoms with Gasteiger partial charge in [0.05, 0.1) is 23.4 Å². The minimum atomic E-state index is -0.385. The minimum absolute atomic E-state index is 0.0744. The maximum Gasteiger partial charge on any atom is 0.251 e. The zero-order chi connectivity index (χ0) is 22.2. The SMILES string of the molecule is C=CCn1c(SCC(=O)c2ccc(C#N)cc2)nnc1C(C)NC(=O)c1ccccc1. The molecule has 156 valence electrons. The average Bonchev–Trinajstić information content (AvgIpc) is 3.21. The molecule has 0 saturated carbocycles. The van der Waals surface area contributed by atoms with Crippen LogP contribution >= 0.6 is 11.8 Å². The van der Waals surface area contributed by atoms with Crippen LogP contribution in [-0.2, 0) is 6.54 Å². The highest BCUT2D eigenvalue weighted by molar-refractivity contribution is 7.99. The largest absolute Gasteiger partial charge is 0.342 e. The number of carbonyl (C=O) groups is 2. The standard InChI is InChI=1S/C23H21N5O2S/c1-3-13-28-21(16(2)25-22(30)19-7-5-4-6-8-19)26-27-23(28)31-15-20(29)18-11-9-17(14-24)10-12-18/h3-12,16H,1,13,15H2,2H3,(H,25,30). The van der Waals surface area contributed by atoms with E-state index in [1.54, 1.807) is 54.6 Å². The molecule has 3 aromatic rings. The van der Waals surface area contributed by atoms with Crippen LogP contribution in [0.5, 0.6) is 0 Å². The van der Waals surface area contributed by atoms with Gasteiger partial charge in [-0.3, -0.25) is 9.59 Å². The second-order valence-corrected chi connectivity index (χ2v) is 7.64. The summed E-state index contributed by atoms with van der Waals surface area (Å²) in [6, 6.07) is 17.1. The topological polar surface area (TPSA) is 101 Å². The molecule has 0 saturated heterocycles. The van der Waals surface area contributed by atoms with Crippen LogP contribution in [0.25, 0.3) is 0 Å². The van der Waals surface area contributed by atoms with E-state index in [2.05, 4.69) is 22.1 Å². The molecule has 1 heterocycles. The predicted octanol–water partition coefficient (Wildman–Crippen LogP) is 3.80. The van der Waals surface area contributed by atoms with Crippen LogP contribution in [0.4, 0.5) is 0 Å². The van der Waals surface area contributed by atoms with Gasteiger partial charge in [0, 0.05) is 17.7 Å². The third kappa shape index (κ3) is 5.47. The number of allylic oxidation sites excluding steroid dienone is 1. The molecule has 7 nitrogen and oxygen atoms in total. The Labute approximate surface area is 184 Å². The lowest BCUT2D eigenvalue weighted by atomic mass is 10.1. The number of Topliss-reactive ketones (excluding diaryl/α,β-unsaturated/α-hetero) is 1. The van der Waals surface area contributed by atoms with Gasteiger partial charge in [-0.05, 0) is 31.2 Å². The second kappa shape index (κ2) is 10.4. The van der Waals surface area contributed by atoms with E-state index in [0.29, 0.717) is 34.2 Å². The van der Waals surface area contributed by atoms with Gasteiger partial charge in [0.25, 0.3) is 5.91 Å². The van der Waals surface area contributed by atoms with E-state index < -0.39 is 0 Å². The van der Waals surface area contributed by atoms with Crippen LogP contribution in [0.1, 0.15) is 45.1 Å². The van der Waals surface area contributed by atoms with Crippen molar-refractivity contribution in [3.63, 3.8) is 0 Å². The first-order valence-electron chi connectivity index (χ1n) is 9.59. The van der Waals surface area contributed by atoms with Crippen LogP contribution in [0, 0.1) is 11.3 Å². The molecule has 0 fully saturated rings. The molecule has 1 unspecified atom stereocenters. The summed E-state index contributed by atoms with van der Waals surface area (Å²) >= 11 is 1.27. The fourth-order valence-electron chi connectivity index (χ4n) is 2.91. The molecule has 2 aromatic carbocycles. The third-order valence-corrected chi connectivity index (χ3v) is 5.46. The first-order chi connectivity index (χ1) is 15.0. The van der Waals surface area contributed by atoms with E-state index in [9.17, 15) is 9.59 Å². The monoisotopic (exact) mass is 431 g/mol. The number of benzene rings is 2. The lowest BCUT2D eigenvalue weighted by Crippen LogP contribution is -2.28. The molecule has 3 rings (SSSR count). The maximum atomic E-state index is 12.5. The highest BCUT2D eigenvalue weighted by Crippen LogP contribution is 2.22. The van der Waals surface area contributed by atoms with E-state index in [1.165, 1.54) is 11.8 Å². The summed E-state index contributed by atoms with van der Waals surface area (Å²) in [5, 5.41) is 20.8. The van der Waals surface area contributed by atoms with Gasteiger partial charge >= 0.3 is 0 Å². The lowest BCUT2D eigenvalue weighted by molar-refractivity contribution is 0.0937. The highest BCUT2D eigenvalue weighted by atomic mass is 32.2. The summed E-state index contributed by atoms with van der Waals surface area (Å²) in [6.45, 7) is 6.06. The van der Waals surface area contributed by atoms with Crippen molar-refractivity contribution in [2.45, 2.75) is 24.7 Å². The Kier molecular flexibility index (Phi) is 7.35. The third-order valence-electron chi connectivity index (χ3n) is 4.50. The molecular weight excluding hydrogens is 410 g/mol. The molecule has 1 atom stereocenters. The number of thioether (sulfide) groups is 1. The molecule has 1 amide bonds. The summed E-state index contributed by atoms with van der Waals surface area (Å²) in [5.74, 6) is 0.477. The summed E-state index contributed by atoms with van der Waals surface area (Å²) in [4.78, 5) is 25.0. The van der Waals surface area contributed by atoms with Crippen molar-refractivity contribution < 1.29 is 9.59 Å². The van der Waals surface area contributed by atoms with Gasteiger partial charge in [0.1, 0.15) is 0 Å². The first-order valence-corrected chi connectivity index (χ1v) is 10.6. The van der Waals surface area contributed by atoms with Crippen molar-refractivity contribution >= 4 is 23.5 Å². The number of carbonyl (C=O) groups excluding carboxylic acids is 2. The lowest BCUT2D eigenvalue weighted by Gasteiger charge is -2.15. The van der Waals surface area contributed by atoms with E-state index in [-0.39, 0.29) is 23.5 Å². The normalized spacial score (nSPS) is 11.4. The van der Waals surface area contributed by atoms with Crippen molar-refractivity contribution in [3.05, 3.63) is 89.8 Å². The van der Waals surface area contributed by atoms with Crippen LogP contribution in [-0.4, -0.2) is 32.2 Å².